The molecule has 178 valence electrons. The number of ether oxygens (including phenoxy) is 1. The van der Waals surface area contributed by atoms with E-state index in [1.807, 2.05) is 13.8 Å². The van der Waals surface area contributed by atoms with Crippen LogP contribution < -0.4 is 15.2 Å². The van der Waals surface area contributed by atoms with E-state index in [2.05, 4.69) is 14.7 Å². The van der Waals surface area contributed by atoms with Crippen LogP contribution in [0, 0.1) is 12.5 Å². The third kappa shape index (κ3) is 4.45. The summed E-state index contributed by atoms with van der Waals surface area (Å²) in [4.78, 5) is 22.7. The first kappa shape index (κ1) is 23.6. The zero-order valence-corrected chi connectivity index (χ0v) is 19.1. The number of aryl methyl sites for hydroxylation is 1. The van der Waals surface area contributed by atoms with Crippen molar-refractivity contribution in [2.24, 2.45) is 13.0 Å². The van der Waals surface area contributed by atoms with E-state index in [0.29, 0.717) is 29.7 Å². The molecule has 0 unspecified atom stereocenters. The minimum absolute atomic E-state index is 0.0221. The quantitative estimate of drug-likeness (QED) is 0.468. The van der Waals surface area contributed by atoms with Crippen LogP contribution in [-0.2, 0) is 13.2 Å². The zero-order chi connectivity index (χ0) is 24.6. The highest BCUT2D eigenvalue weighted by molar-refractivity contribution is 5.89. The van der Waals surface area contributed by atoms with E-state index < -0.39 is 11.7 Å². The van der Waals surface area contributed by atoms with E-state index >= 15 is 0 Å². The minimum Gasteiger partial charge on any atom is -0.490 e. The third-order valence-electron chi connectivity index (χ3n) is 6.51. The molecule has 3 heterocycles. The molecule has 34 heavy (non-hydrogen) atoms. The molecule has 4 rings (SSSR count). The molecule has 1 saturated heterocycles. The average Bonchev–Trinajstić information content (AvgIpc) is 2.81. The van der Waals surface area contributed by atoms with Crippen LogP contribution in [0.5, 0.6) is 5.75 Å². The number of aromatic nitrogens is 2. The Labute approximate surface area is 195 Å². The lowest BCUT2D eigenvalue weighted by molar-refractivity contribution is -0.137. The Hall–Kier alpha value is -3.54. The number of nitrogens with zero attached hydrogens (tertiary/aromatic N) is 4. The number of rotatable bonds is 4. The number of hydrogen-bond acceptors (Lipinski definition) is 4. The van der Waals surface area contributed by atoms with Crippen LogP contribution in [-0.4, -0.2) is 28.2 Å². The lowest BCUT2D eigenvalue weighted by Gasteiger charge is -2.43. The largest absolute Gasteiger partial charge is 0.490 e. The molecule has 3 atom stereocenters. The molecule has 3 aromatic rings. The van der Waals surface area contributed by atoms with Crippen molar-refractivity contribution in [3.05, 3.63) is 69.8 Å². The fraction of sp³-hybridized carbons (Fsp3) is 0.400. The highest BCUT2D eigenvalue weighted by Gasteiger charge is 2.36. The van der Waals surface area contributed by atoms with Gasteiger partial charge in [0.25, 0.3) is 11.4 Å². The number of benzene rings is 1. The maximum atomic E-state index is 13.1. The number of alkyl halides is 3. The molecule has 1 fully saturated rings. The first-order chi connectivity index (χ1) is 16.1. The van der Waals surface area contributed by atoms with E-state index in [0.717, 1.165) is 18.6 Å². The fourth-order valence-electron chi connectivity index (χ4n) is 4.58. The molecule has 0 amide bonds. The van der Waals surface area contributed by atoms with Crippen LogP contribution in [0.25, 0.3) is 15.9 Å². The number of piperidine rings is 1. The number of hydrogen-bond donors (Lipinski definition) is 0. The molecular formula is C25H25F3N4O2. The number of anilines is 1. The van der Waals surface area contributed by atoms with Gasteiger partial charge in [0.15, 0.2) is 0 Å². The van der Waals surface area contributed by atoms with Gasteiger partial charge in [-0.25, -0.2) is 0 Å². The van der Waals surface area contributed by atoms with Crippen molar-refractivity contribution in [2.45, 2.75) is 45.0 Å². The van der Waals surface area contributed by atoms with Crippen molar-refractivity contribution >= 4 is 22.5 Å². The number of fused-ring (bicyclic) bond motifs is 1. The molecular weight excluding hydrogens is 445 g/mol. The van der Waals surface area contributed by atoms with Crippen LogP contribution in [0.15, 0.2) is 47.3 Å². The van der Waals surface area contributed by atoms with Crippen LogP contribution in [0.4, 0.5) is 24.7 Å². The Morgan fingerprint density at radius 2 is 2.00 bits per heavy atom. The second-order valence-corrected chi connectivity index (χ2v) is 8.66. The molecule has 0 bridgehead atoms. The van der Waals surface area contributed by atoms with Crippen molar-refractivity contribution in [1.82, 2.24) is 9.55 Å². The Morgan fingerprint density at radius 1 is 1.24 bits per heavy atom. The van der Waals surface area contributed by atoms with Gasteiger partial charge in [0, 0.05) is 38.0 Å². The Balaban J connectivity index is 1.66. The molecule has 0 radical (unpaired) electrons. The van der Waals surface area contributed by atoms with E-state index in [1.165, 1.54) is 10.6 Å². The lowest BCUT2D eigenvalue weighted by Crippen LogP contribution is -2.50. The summed E-state index contributed by atoms with van der Waals surface area (Å²) in [6, 6.07) is 9.76. The van der Waals surface area contributed by atoms with Gasteiger partial charge >= 0.3 is 6.18 Å². The van der Waals surface area contributed by atoms with Crippen LogP contribution in [0.1, 0.15) is 32.3 Å². The van der Waals surface area contributed by atoms with Gasteiger partial charge < -0.3 is 19.0 Å². The summed E-state index contributed by atoms with van der Waals surface area (Å²) in [6.07, 6.45) is -3.40. The maximum Gasteiger partial charge on any atom is 0.416 e. The highest BCUT2D eigenvalue weighted by atomic mass is 19.4. The molecule has 1 aliphatic rings. The summed E-state index contributed by atoms with van der Waals surface area (Å²) < 4.78 is 46.9. The molecule has 1 aliphatic heterocycles. The van der Waals surface area contributed by atoms with Gasteiger partial charge in [-0.15, -0.1) is 4.98 Å². The molecule has 0 N–H and O–H groups in total. The zero-order valence-electron chi connectivity index (χ0n) is 19.1. The predicted octanol–water partition coefficient (Wildman–Crippen LogP) is 5.58. The van der Waals surface area contributed by atoms with E-state index in [-0.39, 0.29) is 35.2 Å². The summed E-state index contributed by atoms with van der Waals surface area (Å²) in [5.41, 5.74) is 0.957. The molecule has 9 heteroatoms. The van der Waals surface area contributed by atoms with Gasteiger partial charge in [0.1, 0.15) is 11.9 Å². The first-order valence-corrected chi connectivity index (χ1v) is 11.1. The van der Waals surface area contributed by atoms with Crippen molar-refractivity contribution in [1.29, 1.82) is 0 Å². The monoisotopic (exact) mass is 470 g/mol. The molecule has 1 aromatic carbocycles. The summed E-state index contributed by atoms with van der Waals surface area (Å²) in [5, 5.41) is 0. The van der Waals surface area contributed by atoms with E-state index in [9.17, 15) is 18.0 Å². The van der Waals surface area contributed by atoms with Gasteiger partial charge in [-0.05, 0) is 43.7 Å². The fourth-order valence-corrected chi connectivity index (χ4v) is 4.58. The van der Waals surface area contributed by atoms with Crippen molar-refractivity contribution in [3.63, 3.8) is 0 Å². The summed E-state index contributed by atoms with van der Waals surface area (Å²) in [7, 11) is 1.67. The molecule has 0 spiro atoms. The van der Waals surface area contributed by atoms with Gasteiger partial charge in [-0.3, -0.25) is 4.79 Å². The van der Waals surface area contributed by atoms with Crippen LogP contribution in [0.2, 0.25) is 0 Å². The van der Waals surface area contributed by atoms with Crippen molar-refractivity contribution in [3.8, 4) is 5.75 Å². The van der Waals surface area contributed by atoms with Crippen molar-refractivity contribution in [2.75, 3.05) is 11.4 Å². The molecule has 0 saturated carbocycles. The lowest BCUT2D eigenvalue weighted by atomic mass is 9.87. The summed E-state index contributed by atoms with van der Waals surface area (Å²) in [5.74, 6) is 0.463. The Bertz CT molecular complexity index is 1310. The smallest absolute Gasteiger partial charge is 0.416 e. The number of halogens is 3. The van der Waals surface area contributed by atoms with Gasteiger partial charge in [0.05, 0.1) is 16.8 Å². The first-order valence-electron chi connectivity index (χ1n) is 11.1. The van der Waals surface area contributed by atoms with E-state index in [1.54, 1.807) is 31.3 Å². The van der Waals surface area contributed by atoms with Gasteiger partial charge in [0.2, 0.25) is 5.52 Å². The Morgan fingerprint density at radius 3 is 2.68 bits per heavy atom. The molecule has 0 aliphatic carbocycles. The summed E-state index contributed by atoms with van der Waals surface area (Å²) >= 11 is 0. The second-order valence-electron chi connectivity index (χ2n) is 8.66. The molecule has 6 nitrogen and oxygen atoms in total. The van der Waals surface area contributed by atoms with Crippen LogP contribution in [0.3, 0.4) is 0 Å². The second kappa shape index (κ2) is 9.01. The average molecular weight is 470 g/mol. The van der Waals surface area contributed by atoms with Gasteiger partial charge in [-0.2, -0.15) is 13.2 Å². The van der Waals surface area contributed by atoms with Gasteiger partial charge in [-0.1, -0.05) is 19.6 Å². The molecule has 2 aromatic heterocycles. The SMILES string of the molecule is [C-]#[N+]c1ccc2c(n1)c(N1C[C@@H](CC)[C@@H](Oc3cccc(C(F)(F)F)c3)C[C@H]1C)cc(=O)n2C. The summed E-state index contributed by atoms with van der Waals surface area (Å²) in [6.45, 7) is 11.9. The normalized spacial score (nSPS) is 20.9. The third-order valence-corrected chi connectivity index (χ3v) is 6.51. The standard InChI is InChI=1S/C25H25F3N4O2/c1-5-16-14-32(20-13-23(33)31(4)19-9-10-22(29-3)30-24(19)20)15(2)11-21(16)34-18-8-6-7-17(12-18)25(26,27)28/h6-10,12-13,15-16,21H,5,11,14H2,1-2,4H3/t15-,16-,21+/m1/s1. The highest BCUT2D eigenvalue weighted by Crippen LogP contribution is 2.36. The van der Waals surface area contributed by atoms with Crippen molar-refractivity contribution < 1.29 is 17.9 Å². The van der Waals surface area contributed by atoms with E-state index in [4.69, 9.17) is 11.3 Å². The minimum atomic E-state index is -4.43. The topological polar surface area (TPSA) is 51.7 Å². The number of pyridine rings is 2. The predicted molar refractivity (Wildman–Crippen MR) is 124 cm³/mol. The Kier molecular flexibility index (Phi) is 6.26. The maximum absolute atomic E-state index is 13.1. The van der Waals surface area contributed by atoms with Crippen LogP contribution >= 0.6 is 0 Å².